The van der Waals surface area contributed by atoms with Gasteiger partial charge in [-0.25, -0.2) is 9.78 Å². The molecule has 4 aromatic rings. The number of nitrogens with zero attached hydrogens (tertiary/aromatic N) is 4. The van der Waals surface area contributed by atoms with Crippen LogP contribution in [-0.4, -0.2) is 24.5 Å². The number of ketones is 1. The van der Waals surface area contributed by atoms with Gasteiger partial charge in [0, 0.05) is 19.7 Å². The summed E-state index contributed by atoms with van der Waals surface area (Å²) in [7, 11) is 2.98. The van der Waals surface area contributed by atoms with E-state index in [4.69, 9.17) is 0 Å². The van der Waals surface area contributed by atoms with Gasteiger partial charge in [-0.3, -0.25) is 18.7 Å². The lowest BCUT2D eigenvalue weighted by molar-refractivity contribution is 0.0947. The van der Waals surface area contributed by atoms with Crippen LogP contribution < -0.4 is 11.2 Å². The Balaban J connectivity index is 2.01. The minimum atomic E-state index is -0.788. The van der Waals surface area contributed by atoms with E-state index in [1.54, 1.807) is 23.7 Å². The predicted octanol–water partition coefficient (Wildman–Crippen LogP) is 2.52. The van der Waals surface area contributed by atoms with E-state index in [0.717, 1.165) is 21.3 Å². The van der Waals surface area contributed by atoms with Crippen LogP contribution in [0.1, 0.15) is 33.1 Å². The summed E-state index contributed by atoms with van der Waals surface area (Å²) >= 11 is 0. The molecule has 0 saturated heterocycles. The Kier molecular flexibility index (Phi) is 4.73. The Labute approximate surface area is 172 Å². The fraction of sp³-hybridized carbons (Fsp3) is 0.217. The van der Waals surface area contributed by atoms with Crippen molar-refractivity contribution in [2.75, 3.05) is 0 Å². The number of hydrogen-bond donors (Lipinski definition) is 0. The summed E-state index contributed by atoms with van der Waals surface area (Å²) in [5.41, 5.74) is 2.90. The van der Waals surface area contributed by atoms with Crippen molar-refractivity contribution in [3.8, 4) is 0 Å². The number of hydrogen-bond acceptors (Lipinski definition) is 4. The number of Topliss-reactive ketones (excluding diaryl/α,β-unsaturated/α-hetero) is 1. The van der Waals surface area contributed by atoms with E-state index in [0.29, 0.717) is 5.56 Å². The molecule has 30 heavy (non-hydrogen) atoms. The van der Waals surface area contributed by atoms with E-state index in [2.05, 4.69) is 4.98 Å². The number of carbonyl (C=O) groups excluding carboxylic acids is 1. The Bertz CT molecular complexity index is 1370. The molecule has 0 N–H and O–H groups in total. The molecular formula is C23H22N4O3. The van der Waals surface area contributed by atoms with E-state index >= 15 is 0 Å². The zero-order valence-electron chi connectivity index (χ0n) is 17.3. The zero-order valence-corrected chi connectivity index (χ0v) is 17.3. The highest BCUT2D eigenvalue weighted by Crippen LogP contribution is 2.26. The molecule has 0 aliphatic carbocycles. The van der Waals surface area contributed by atoms with Crippen molar-refractivity contribution in [1.82, 2.24) is 18.7 Å². The maximum absolute atomic E-state index is 13.6. The van der Waals surface area contributed by atoms with Crippen molar-refractivity contribution in [2.24, 2.45) is 14.1 Å². The van der Waals surface area contributed by atoms with E-state index < -0.39 is 17.3 Å². The first kappa shape index (κ1) is 19.6. The van der Waals surface area contributed by atoms with Crippen molar-refractivity contribution in [2.45, 2.75) is 19.9 Å². The molecule has 0 amide bonds. The fourth-order valence-corrected chi connectivity index (χ4v) is 3.62. The molecular weight excluding hydrogens is 380 g/mol. The zero-order chi connectivity index (χ0) is 21.6. The highest BCUT2D eigenvalue weighted by atomic mass is 16.2. The molecule has 0 fully saturated rings. The number of benzene rings is 2. The summed E-state index contributed by atoms with van der Waals surface area (Å²) in [6.07, 6.45) is 1.46. The highest BCUT2D eigenvalue weighted by molar-refractivity contribution is 6.01. The SMILES string of the molecule is Cc1ccc(C(=O)[C@@H](c2ccc(C)cc2)n2cnc3c2c(=O)n(C)c(=O)n3C)cc1. The second-order valence-electron chi connectivity index (χ2n) is 7.57. The van der Waals surface area contributed by atoms with Gasteiger partial charge in [0.2, 0.25) is 0 Å². The summed E-state index contributed by atoms with van der Waals surface area (Å²) in [5.74, 6) is -0.158. The van der Waals surface area contributed by atoms with Gasteiger partial charge in [0.15, 0.2) is 16.9 Å². The molecule has 2 aromatic carbocycles. The maximum Gasteiger partial charge on any atom is 0.332 e. The van der Waals surface area contributed by atoms with Gasteiger partial charge in [0.25, 0.3) is 5.56 Å². The largest absolute Gasteiger partial charge is 0.332 e. The monoisotopic (exact) mass is 402 g/mol. The number of carbonyl (C=O) groups is 1. The summed E-state index contributed by atoms with van der Waals surface area (Å²) in [6, 6.07) is 14.2. The van der Waals surface area contributed by atoms with Gasteiger partial charge in [0.05, 0.1) is 6.33 Å². The molecule has 0 aliphatic heterocycles. The first-order valence-corrected chi connectivity index (χ1v) is 9.59. The van der Waals surface area contributed by atoms with Crippen LogP contribution in [0.25, 0.3) is 11.2 Å². The smallest absolute Gasteiger partial charge is 0.309 e. The second-order valence-corrected chi connectivity index (χ2v) is 7.57. The summed E-state index contributed by atoms with van der Waals surface area (Å²) in [6.45, 7) is 3.93. The molecule has 0 unspecified atom stereocenters. The Morgan fingerprint density at radius 1 is 0.867 bits per heavy atom. The average molecular weight is 402 g/mol. The molecule has 0 aliphatic rings. The minimum absolute atomic E-state index is 0.158. The van der Waals surface area contributed by atoms with Crippen molar-refractivity contribution in [3.05, 3.63) is 98.0 Å². The molecule has 1 atom stereocenters. The molecule has 2 aromatic heterocycles. The maximum atomic E-state index is 13.6. The number of aryl methyl sites for hydroxylation is 3. The standard InChI is InChI=1S/C23H22N4O3/c1-14-5-9-16(10-6-14)18(20(28)17-11-7-15(2)8-12-17)27-13-24-21-19(27)22(29)26(4)23(30)25(21)3/h5-13,18H,1-4H3/t18-/m1/s1. The lowest BCUT2D eigenvalue weighted by Crippen LogP contribution is -2.38. The Hall–Kier alpha value is -3.74. The van der Waals surface area contributed by atoms with Gasteiger partial charge in [-0.05, 0) is 19.4 Å². The number of rotatable bonds is 4. The van der Waals surface area contributed by atoms with Crippen molar-refractivity contribution in [1.29, 1.82) is 0 Å². The third-order valence-corrected chi connectivity index (χ3v) is 5.43. The van der Waals surface area contributed by atoms with Crippen molar-refractivity contribution in [3.63, 3.8) is 0 Å². The quantitative estimate of drug-likeness (QED) is 0.492. The molecule has 7 nitrogen and oxygen atoms in total. The van der Waals surface area contributed by atoms with E-state index in [9.17, 15) is 14.4 Å². The summed E-state index contributed by atoms with van der Waals surface area (Å²) < 4.78 is 3.92. The van der Waals surface area contributed by atoms with Crippen LogP contribution in [0.15, 0.2) is 64.4 Å². The first-order valence-electron chi connectivity index (χ1n) is 9.59. The van der Waals surface area contributed by atoms with Crippen LogP contribution in [0, 0.1) is 13.8 Å². The number of aromatic nitrogens is 4. The molecule has 2 heterocycles. The number of fused-ring (bicyclic) bond motifs is 1. The highest BCUT2D eigenvalue weighted by Gasteiger charge is 2.28. The van der Waals surface area contributed by atoms with Gasteiger partial charge < -0.3 is 4.57 Å². The van der Waals surface area contributed by atoms with E-state index in [1.165, 1.54) is 17.9 Å². The van der Waals surface area contributed by atoms with Crippen LogP contribution in [0.2, 0.25) is 0 Å². The fourth-order valence-electron chi connectivity index (χ4n) is 3.62. The van der Waals surface area contributed by atoms with Crippen molar-refractivity contribution >= 4 is 16.9 Å². The summed E-state index contributed by atoms with van der Waals surface area (Å²) in [5, 5.41) is 0. The average Bonchev–Trinajstić information content (AvgIpc) is 3.17. The van der Waals surface area contributed by atoms with Gasteiger partial charge >= 0.3 is 5.69 Å². The van der Waals surface area contributed by atoms with Gasteiger partial charge in [-0.15, -0.1) is 0 Å². The van der Waals surface area contributed by atoms with E-state index in [-0.39, 0.29) is 16.9 Å². The predicted molar refractivity (Wildman–Crippen MR) is 115 cm³/mol. The molecule has 0 saturated carbocycles. The molecule has 0 radical (unpaired) electrons. The molecule has 4 rings (SSSR count). The Morgan fingerprint density at radius 2 is 1.43 bits per heavy atom. The molecule has 0 spiro atoms. The third-order valence-electron chi connectivity index (χ3n) is 5.43. The van der Waals surface area contributed by atoms with E-state index in [1.807, 2.05) is 50.2 Å². The number of imidazole rings is 1. The van der Waals surface area contributed by atoms with Crippen LogP contribution in [0.5, 0.6) is 0 Å². The van der Waals surface area contributed by atoms with Gasteiger partial charge in [-0.1, -0.05) is 59.7 Å². The van der Waals surface area contributed by atoms with Gasteiger partial charge in [-0.2, -0.15) is 0 Å². The minimum Gasteiger partial charge on any atom is -0.309 e. The van der Waals surface area contributed by atoms with Gasteiger partial charge in [0.1, 0.15) is 6.04 Å². The molecule has 152 valence electrons. The van der Waals surface area contributed by atoms with Crippen LogP contribution in [-0.2, 0) is 14.1 Å². The lowest BCUT2D eigenvalue weighted by Gasteiger charge is -2.19. The Morgan fingerprint density at radius 3 is 2.03 bits per heavy atom. The first-order chi connectivity index (χ1) is 14.3. The molecule has 7 heteroatoms. The second kappa shape index (κ2) is 7.26. The van der Waals surface area contributed by atoms with Crippen LogP contribution in [0.3, 0.4) is 0 Å². The van der Waals surface area contributed by atoms with Crippen LogP contribution >= 0.6 is 0 Å². The molecule has 0 bridgehead atoms. The summed E-state index contributed by atoms with van der Waals surface area (Å²) in [4.78, 5) is 43.1. The topological polar surface area (TPSA) is 78.9 Å². The third kappa shape index (κ3) is 3.08. The van der Waals surface area contributed by atoms with Crippen molar-refractivity contribution < 1.29 is 4.79 Å². The normalized spacial score (nSPS) is 12.3. The van der Waals surface area contributed by atoms with Crippen LogP contribution in [0.4, 0.5) is 0 Å². The lowest BCUT2D eigenvalue weighted by atomic mass is 9.96.